The van der Waals surface area contributed by atoms with Gasteiger partial charge < -0.3 is 16.8 Å². The van der Waals surface area contributed by atoms with Crippen molar-refractivity contribution in [1.29, 1.82) is 0 Å². The van der Waals surface area contributed by atoms with Crippen molar-refractivity contribution in [1.82, 2.24) is 5.32 Å². The Morgan fingerprint density at radius 2 is 2.21 bits per heavy atom. The molecule has 1 aliphatic carbocycles. The summed E-state index contributed by atoms with van der Waals surface area (Å²) in [7, 11) is 0. The molecular weight excluding hydrogens is 238 g/mol. The zero-order valence-electron chi connectivity index (χ0n) is 11.9. The number of rotatable bonds is 8. The highest BCUT2D eigenvalue weighted by Gasteiger charge is 2.15. The highest BCUT2D eigenvalue weighted by Crippen LogP contribution is 2.14. The van der Waals surface area contributed by atoms with Gasteiger partial charge in [-0.1, -0.05) is 30.2 Å². The van der Waals surface area contributed by atoms with Gasteiger partial charge in [-0.25, -0.2) is 0 Å². The first-order valence-corrected chi connectivity index (χ1v) is 7.25. The van der Waals surface area contributed by atoms with Crippen LogP contribution in [0.4, 0.5) is 0 Å². The fraction of sp³-hybridized carbons (Fsp3) is 0.667. The number of nitrogens with two attached hydrogens (primary N) is 2. The van der Waals surface area contributed by atoms with Gasteiger partial charge in [-0.2, -0.15) is 0 Å². The van der Waals surface area contributed by atoms with Crippen LogP contribution in [0.2, 0.25) is 0 Å². The van der Waals surface area contributed by atoms with Crippen LogP contribution in [0.15, 0.2) is 23.8 Å². The summed E-state index contributed by atoms with van der Waals surface area (Å²) >= 11 is 0. The van der Waals surface area contributed by atoms with E-state index < -0.39 is 6.04 Å². The summed E-state index contributed by atoms with van der Waals surface area (Å²) in [5, 5.41) is 2.98. The molecule has 0 aromatic heterocycles. The van der Waals surface area contributed by atoms with Gasteiger partial charge in [0.15, 0.2) is 0 Å². The Bertz CT molecular complexity index is 336. The molecule has 1 aliphatic rings. The first kappa shape index (κ1) is 15.9. The molecule has 0 saturated carbocycles. The molecule has 0 aliphatic heterocycles. The van der Waals surface area contributed by atoms with Gasteiger partial charge in [0.1, 0.15) is 0 Å². The monoisotopic (exact) mass is 265 g/mol. The summed E-state index contributed by atoms with van der Waals surface area (Å²) in [5.74, 6) is -0.0510. The van der Waals surface area contributed by atoms with Gasteiger partial charge >= 0.3 is 0 Å². The van der Waals surface area contributed by atoms with Crippen molar-refractivity contribution < 1.29 is 4.79 Å². The Morgan fingerprint density at radius 3 is 2.84 bits per heavy atom. The summed E-state index contributed by atoms with van der Waals surface area (Å²) in [6.45, 7) is 2.68. The first-order chi connectivity index (χ1) is 9.13. The molecule has 1 rings (SSSR count). The van der Waals surface area contributed by atoms with Crippen molar-refractivity contribution in [3.8, 4) is 0 Å². The Balaban J connectivity index is 2.26. The summed E-state index contributed by atoms with van der Waals surface area (Å²) in [5.41, 5.74) is 12.6. The number of hydrogen-bond acceptors (Lipinski definition) is 3. The van der Waals surface area contributed by atoms with Crippen molar-refractivity contribution in [2.45, 2.75) is 57.5 Å². The van der Waals surface area contributed by atoms with Crippen molar-refractivity contribution in [2.75, 3.05) is 6.54 Å². The average Bonchev–Trinajstić information content (AvgIpc) is 2.39. The van der Waals surface area contributed by atoms with Gasteiger partial charge in [0, 0.05) is 6.04 Å². The molecule has 0 saturated heterocycles. The van der Waals surface area contributed by atoms with E-state index in [1.165, 1.54) is 5.57 Å². The molecule has 108 valence electrons. The lowest BCUT2D eigenvalue weighted by molar-refractivity contribution is -0.123. The molecule has 1 amide bonds. The molecule has 0 spiro atoms. The van der Waals surface area contributed by atoms with Crippen LogP contribution in [0.3, 0.4) is 0 Å². The fourth-order valence-electron chi connectivity index (χ4n) is 2.21. The predicted molar refractivity (Wildman–Crippen MR) is 79.6 cm³/mol. The second-order valence-electron chi connectivity index (χ2n) is 5.26. The van der Waals surface area contributed by atoms with Gasteiger partial charge in [-0.05, 0) is 45.6 Å². The minimum absolute atomic E-state index is 0.0510. The predicted octanol–water partition coefficient (Wildman–Crippen LogP) is 1.61. The van der Waals surface area contributed by atoms with E-state index in [1.54, 1.807) is 0 Å². The largest absolute Gasteiger partial charge is 0.352 e. The number of unbranched alkanes of at least 4 members (excludes halogenated alkanes) is 1. The number of amides is 1. The van der Waals surface area contributed by atoms with E-state index in [4.69, 9.17) is 11.5 Å². The summed E-state index contributed by atoms with van der Waals surface area (Å²) in [6.07, 6.45) is 12.2. The number of carbonyl (C=O) groups excluding carboxylic acids is 1. The number of nitrogens with one attached hydrogen (secondary N) is 1. The van der Waals surface area contributed by atoms with Gasteiger partial charge in [0.05, 0.1) is 6.04 Å². The van der Waals surface area contributed by atoms with Gasteiger partial charge in [-0.15, -0.1) is 0 Å². The van der Waals surface area contributed by atoms with Crippen LogP contribution < -0.4 is 16.8 Å². The average molecular weight is 265 g/mol. The number of allylic oxidation sites excluding steroid dienone is 3. The van der Waals surface area contributed by atoms with E-state index in [0.29, 0.717) is 13.0 Å². The van der Waals surface area contributed by atoms with Crippen LogP contribution in [0.5, 0.6) is 0 Å². The van der Waals surface area contributed by atoms with E-state index in [9.17, 15) is 4.79 Å². The van der Waals surface area contributed by atoms with Gasteiger partial charge in [0.25, 0.3) is 0 Å². The van der Waals surface area contributed by atoms with Crippen LogP contribution >= 0.6 is 0 Å². The SMILES string of the molecule is CC(CC1=CCCC=C1)NC(=O)C(N)CCCCN. The summed E-state index contributed by atoms with van der Waals surface area (Å²) < 4.78 is 0. The van der Waals surface area contributed by atoms with Crippen LogP contribution in [-0.2, 0) is 4.79 Å². The molecule has 4 nitrogen and oxygen atoms in total. The zero-order chi connectivity index (χ0) is 14.1. The summed E-state index contributed by atoms with van der Waals surface area (Å²) in [4.78, 5) is 11.9. The lowest BCUT2D eigenvalue weighted by Crippen LogP contribution is -2.44. The first-order valence-electron chi connectivity index (χ1n) is 7.25. The second-order valence-corrected chi connectivity index (χ2v) is 5.26. The highest BCUT2D eigenvalue weighted by atomic mass is 16.2. The van der Waals surface area contributed by atoms with E-state index >= 15 is 0 Å². The van der Waals surface area contributed by atoms with Crippen LogP contribution in [0, 0.1) is 0 Å². The van der Waals surface area contributed by atoms with Crippen molar-refractivity contribution in [3.63, 3.8) is 0 Å². The summed E-state index contributed by atoms with van der Waals surface area (Å²) in [6, 6.07) is -0.285. The maximum absolute atomic E-state index is 11.9. The maximum atomic E-state index is 11.9. The lowest BCUT2D eigenvalue weighted by atomic mass is 10.0. The van der Waals surface area contributed by atoms with Crippen molar-refractivity contribution in [3.05, 3.63) is 23.8 Å². The standard InChI is InChI=1S/C15H27N3O/c1-12(11-13-7-3-2-4-8-13)18-15(19)14(17)9-5-6-10-16/h3,7-8,12,14H,2,4-6,9-11,16-17H2,1H3,(H,18,19). The smallest absolute Gasteiger partial charge is 0.237 e. The molecular formula is C15H27N3O. The van der Waals surface area contributed by atoms with Crippen LogP contribution in [0.25, 0.3) is 0 Å². The Hall–Kier alpha value is -1.13. The number of hydrogen-bond donors (Lipinski definition) is 3. The molecule has 2 atom stereocenters. The van der Waals surface area contributed by atoms with Crippen LogP contribution in [-0.4, -0.2) is 24.5 Å². The molecule has 2 unspecified atom stereocenters. The van der Waals surface area contributed by atoms with Crippen molar-refractivity contribution >= 4 is 5.91 Å². The molecule has 0 heterocycles. The molecule has 5 N–H and O–H groups in total. The minimum atomic E-state index is -0.412. The minimum Gasteiger partial charge on any atom is -0.352 e. The van der Waals surface area contributed by atoms with Gasteiger partial charge in [0.2, 0.25) is 5.91 Å². The molecule has 0 aromatic rings. The third-order valence-electron chi connectivity index (χ3n) is 3.31. The quantitative estimate of drug-likeness (QED) is 0.583. The maximum Gasteiger partial charge on any atom is 0.237 e. The van der Waals surface area contributed by atoms with Crippen LogP contribution in [0.1, 0.15) is 45.4 Å². The topological polar surface area (TPSA) is 81.1 Å². The Kier molecular flexibility index (Phi) is 7.45. The molecule has 0 bridgehead atoms. The van der Waals surface area contributed by atoms with E-state index in [1.807, 2.05) is 6.92 Å². The Morgan fingerprint density at radius 1 is 1.42 bits per heavy atom. The van der Waals surface area contributed by atoms with E-state index in [2.05, 4.69) is 23.5 Å². The Labute approximate surface area is 116 Å². The second kappa shape index (κ2) is 8.88. The molecule has 0 fully saturated rings. The third kappa shape index (κ3) is 6.55. The third-order valence-corrected chi connectivity index (χ3v) is 3.31. The normalized spacial score (nSPS) is 17.7. The van der Waals surface area contributed by atoms with E-state index in [0.717, 1.165) is 32.1 Å². The number of carbonyl (C=O) groups is 1. The molecule has 0 aromatic carbocycles. The molecule has 19 heavy (non-hydrogen) atoms. The highest BCUT2D eigenvalue weighted by molar-refractivity contribution is 5.81. The van der Waals surface area contributed by atoms with Crippen molar-refractivity contribution in [2.24, 2.45) is 11.5 Å². The van der Waals surface area contributed by atoms with E-state index in [-0.39, 0.29) is 11.9 Å². The fourth-order valence-corrected chi connectivity index (χ4v) is 2.21. The molecule has 0 radical (unpaired) electrons. The molecule has 4 heteroatoms. The zero-order valence-corrected chi connectivity index (χ0v) is 11.9. The van der Waals surface area contributed by atoms with Gasteiger partial charge in [-0.3, -0.25) is 4.79 Å². The lowest BCUT2D eigenvalue weighted by Gasteiger charge is -2.18.